The lowest BCUT2D eigenvalue weighted by atomic mass is 9.76. The highest BCUT2D eigenvalue weighted by Gasteiger charge is 2.29. The number of benzene rings is 2. The molecule has 2 rings (SSSR count). The van der Waals surface area contributed by atoms with Crippen LogP contribution >= 0.6 is 11.6 Å². The number of halogens is 1. The first-order valence-electron chi connectivity index (χ1n) is 9.67. The predicted molar refractivity (Wildman–Crippen MR) is 116 cm³/mol. The van der Waals surface area contributed by atoms with Crippen molar-refractivity contribution in [2.45, 2.75) is 31.2 Å². The highest BCUT2D eigenvalue weighted by molar-refractivity contribution is 6.43. The smallest absolute Gasteiger partial charge is 0.426 e. The van der Waals surface area contributed by atoms with E-state index in [2.05, 4.69) is 10.6 Å². The van der Waals surface area contributed by atoms with Gasteiger partial charge in [-0.3, -0.25) is 9.59 Å². The second-order valence-electron chi connectivity index (χ2n) is 6.87. The van der Waals surface area contributed by atoms with E-state index in [1.54, 1.807) is 24.3 Å². The van der Waals surface area contributed by atoms with E-state index in [0.29, 0.717) is 12.8 Å². The summed E-state index contributed by atoms with van der Waals surface area (Å²) < 4.78 is 5.04. The van der Waals surface area contributed by atoms with Crippen LogP contribution in [0.4, 0.5) is 0 Å². The molecule has 0 saturated carbocycles. The van der Waals surface area contributed by atoms with Gasteiger partial charge in [0.25, 0.3) is 5.91 Å². The highest BCUT2D eigenvalue weighted by atomic mass is 35.5. The van der Waals surface area contributed by atoms with Crippen LogP contribution in [0.2, 0.25) is 5.02 Å². The molecule has 0 heterocycles. The third-order valence-electron chi connectivity index (χ3n) is 4.58. The molecule has 0 unspecified atom stereocenters. The van der Waals surface area contributed by atoms with Crippen LogP contribution in [0.5, 0.6) is 0 Å². The van der Waals surface area contributed by atoms with Crippen LogP contribution < -0.4 is 10.6 Å². The highest BCUT2D eigenvalue weighted by Crippen LogP contribution is 2.15. The maximum absolute atomic E-state index is 12.7. The summed E-state index contributed by atoms with van der Waals surface area (Å²) in [5.41, 5.74) is 1.36. The van der Waals surface area contributed by atoms with Crippen molar-refractivity contribution < 1.29 is 24.4 Å². The molecule has 2 atom stereocenters. The number of ether oxygens (including phenoxy) is 1. The monoisotopic (exact) mass is 432 g/mol. The van der Waals surface area contributed by atoms with Crippen LogP contribution in [0.15, 0.2) is 54.6 Å². The summed E-state index contributed by atoms with van der Waals surface area (Å²) >= 11 is 6.03. The molecular weight excluding hydrogens is 407 g/mol. The minimum Gasteiger partial charge on any atom is -0.426 e. The van der Waals surface area contributed by atoms with Crippen molar-refractivity contribution in [2.75, 3.05) is 13.7 Å². The molecule has 160 valence electrons. The van der Waals surface area contributed by atoms with Crippen LogP contribution in [-0.2, 0) is 16.0 Å². The minimum absolute atomic E-state index is 0.0831. The van der Waals surface area contributed by atoms with Crippen LogP contribution in [0.25, 0.3) is 0 Å². The Morgan fingerprint density at radius 3 is 2.37 bits per heavy atom. The Hall–Kier alpha value is -2.39. The van der Waals surface area contributed by atoms with Gasteiger partial charge in [-0.1, -0.05) is 54.1 Å². The lowest BCUT2D eigenvalue weighted by Crippen LogP contribution is -2.55. The molecular formula is C21H26BClN2O5. The lowest BCUT2D eigenvalue weighted by molar-refractivity contribution is -0.124. The Morgan fingerprint density at radius 1 is 1.07 bits per heavy atom. The van der Waals surface area contributed by atoms with Gasteiger partial charge in [0.05, 0.1) is 23.1 Å². The second kappa shape index (κ2) is 12.3. The summed E-state index contributed by atoms with van der Waals surface area (Å²) in [6, 6.07) is 15.2. The van der Waals surface area contributed by atoms with Gasteiger partial charge in [-0.25, -0.2) is 0 Å². The normalized spacial score (nSPS) is 12.7. The van der Waals surface area contributed by atoms with Crippen LogP contribution in [0.1, 0.15) is 28.8 Å². The molecule has 7 nitrogen and oxygen atoms in total. The number of carbonyl (C=O) groups excluding carboxylic acids is 2. The van der Waals surface area contributed by atoms with Gasteiger partial charge in [-0.05, 0) is 37.0 Å². The topological polar surface area (TPSA) is 108 Å². The standard InChI is InChI=1S/C21H26BClN2O5/c1-30-14-18(24-20(26)16-11-5-6-12-17(16)23)21(27)25-19(22(28)29)13-7-10-15-8-3-2-4-9-15/h2-6,8-9,11-12,18-19,28-29H,7,10,13-14H2,1H3,(H,24,26)(H,25,27)/t18-,19+/m1/s1. The van der Waals surface area contributed by atoms with Gasteiger partial charge >= 0.3 is 7.12 Å². The maximum atomic E-state index is 12.7. The molecule has 0 bridgehead atoms. The Kier molecular flexibility index (Phi) is 9.83. The van der Waals surface area contributed by atoms with E-state index < -0.39 is 30.9 Å². The quantitative estimate of drug-likeness (QED) is 0.403. The number of carbonyl (C=O) groups is 2. The summed E-state index contributed by atoms with van der Waals surface area (Å²) in [4.78, 5) is 25.1. The fourth-order valence-corrected chi connectivity index (χ4v) is 3.20. The van der Waals surface area contributed by atoms with Crippen molar-refractivity contribution in [3.63, 3.8) is 0 Å². The Labute approximate surface area is 181 Å². The number of nitrogens with one attached hydrogen (secondary N) is 2. The molecule has 0 aromatic heterocycles. The summed E-state index contributed by atoms with van der Waals surface area (Å²) in [7, 11) is -0.327. The zero-order valence-corrected chi connectivity index (χ0v) is 17.5. The summed E-state index contributed by atoms with van der Waals surface area (Å²) in [5.74, 6) is -1.98. The van der Waals surface area contributed by atoms with Crippen molar-refractivity contribution in [1.82, 2.24) is 10.6 Å². The molecule has 0 spiro atoms. The third kappa shape index (κ3) is 7.46. The average Bonchev–Trinajstić information content (AvgIpc) is 2.73. The van der Waals surface area contributed by atoms with Crippen molar-refractivity contribution >= 4 is 30.5 Å². The molecule has 30 heavy (non-hydrogen) atoms. The van der Waals surface area contributed by atoms with E-state index >= 15 is 0 Å². The zero-order valence-electron chi connectivity index (χ0n) is 16.8. The molecule has 9 heteroatoms. The number of methoxy groups -OCH3 is 1. The first kappa shape index (κ1) is 23.9. The van der Waals surface area contributed by atoms with Crippen molar-refractivity contribution in [1.29, 1.82) is 0 Å². The van der Waals surface area contributed by atoms with Crippen molar-refractivity contribution in [3.8, 4) is 0 Å². The van der Waals surface area contributed by atoms with Gasteiger partial charge in [0.15, 0.2) is 0 Å². The fourth-order valence-electron chi connectivity index (χ4n) is 2.98. The largest absolute Gasteiger partial charge is 0.475 e. The molecule has 2 amide bonds. The van der Waals surface area contributed by atoms with Gasteiger partial charge < -0.3 is 25.4 Å². The van der Waals surface area contributed by atoms with Crippen LogP contribution in [0.3, 0.4) is 0 Å². The number of amides is 2. The summed E-state index contributed by atoms with van der Waals surface area (Å²) in [6.07, 6.45) is 1.74. The first-order chi connectivity index (χ1) is 14.4. The number of hydrogen-bond donors (Lipinski definition) is 4. The Bertz CT molecular complexity index is 822. The third-order valence-corrected chi connectivity index (χ3v) is 4.91. The van der Waals surface area contributed by atoms with Gasteiger partial charge in [0.2, 0.25) is 5.91 Å². The summed E-state index contributed by atoms with van der Waals surface area (Å²) in [5, 5.41) is 24.8. The maximum Gasteiger partial charge on any atom is 0.475 e. The van der Waals surface area contributed by atoms with Crippen LogP contribution in [-0.4, -0.2) is 54.7 Å². The summed E-state index contributed by atoms with van der Waals surface area (Å²) in [6.45, 7) is -0.0831. The molecule has 0 saturated heterocycles. The van der Waals surface area contributed by atoms with E-state index in [-0.39, 0.29) is 17.2 Å². The van der Waals surface area contributed by atoms with E-state index in [4.69, 9.17) is 16.3 Å². The Balaban J connectivity index is 1.96. The molecule has 2 aromatic carbocycles. The predicted octanol–water partition coefficient (Wildman–Crippen LogP) is 1.60. The number of hydrogen-bond acceptors (Lipinski definition) is 5. The molecule has 0 radical (unpaired) electrons. The Morgan fingerprint density at radius 2 is 1.73 bits per heavy atom. The molecule has 0 aliphatic carbocycles. The van der Waals surface area contributed by atoms with E-state index in [9.17, 15) is 19.6 Å². The average molecular weight is 433 g/mol. The zero-order chi connectivity index (χ0) is 21.9. The second-order valence-corrected chi connectivity index (χ2v) is 7.27. The molecule has 2 aromatic rings. The SMILES string of the molecule is COC[C@@H](NC(=O)c1ccccc1Cl)C(=O)N[C@@H](CCCc1ccccc1)B(O)O. The van der Waals surface area contributed by atoms with Gasteiger partial charge in [0, 0.05) is 7.11 Å². The van der Waals surface area contributed by atoms with Crippen molar-refractivity contribution in [3.05, 3.63) is 70.7 Å². The lowest BCUT2D eigenvalue weighted by Gasteiger charge is -2.23. The number of aryl methyl sites for hydroxylation is 1. The molecule has 0 aliphatic rings. The fraction of sp³-hybridized carbons (Fsp3) is 0.333. The van der Waals surface area contributed by atoms with Crippen LogP contribution in [0, 0.1) is 0 Å². The first-order valence-corrected chi connectivity index (χ1v) is 10.0. The molecule has 0 aliphatic heterocycles. The van der Waals surface area contributed by atoms with E-state index in [0.717, 1.165) is 12.0 Å². The minimum atomic E-state index is -1.73. The van der Waals surface area contributed by atoms with Gasteiger partial charge in [-0.15, -0.1) is 0 Å². The van der Waals surface area contributed by atoms with Gasteiger partial charge in [-0.2, -0.15) is 0 Å². The van der Waals surface area contributed by atoms with Crippen molar-refractivity contribution in [2.24, 2.45) is 0 Å². The number of rotatable bonds is 11. The van der Waals surface area contributed by atoms with Gasteiger partial charge in [0.1, 0.15) is 6.04 Å². The molecule has 0 fully saturated rings. The van der Waals surface area contributed by atoms with E-state index in [1.807, 2.05) is 30.3 Å². The molecule has 4 N–H and O–H groups in total. The van der Waals surface area contributed by atoms with E-state index in [1.165, 1.54) is 7.11 Å².